The highest BCUT2D eigenvalue weighted by atomic mass is 16.5. The molecule has 0 aromatic carbocycles. The number of aromatic nitrogens is 3. The monoisotopic (exact) mass is 316 g/mol. The number of likely N-dealkylation sites (tertiary alicyclic amines) is 1. The zero-order valence-corrected chi connectivity index (χ0v) is 13.4. The lowest BCUT2D eigenvalue weighted by molar-refractivity contribution is -0.0552. The van der Waals surface area contributed by atoms with Gasteiger partial charge in [-0.25, -0.2) is 9.97 Å². The predicted octanol–water partition coefficient (Wildman–Crippen LogP) is 1.48. The van der Waals surface area contributed by atoms with E-state index in [1.807, 2.05) is 22.9 Å². The molecule has 4 rings (SSSR count). The van der Waals surface area contributed by atoms with E-state index in [0.29, 0.717) is 5.41 Å². The molecule has 0 amide bonds. The Morgan fingerprint density at radius 2 is 2.17 bits per heavy atom. The summed E-state index contributed by atoms with van der Waals surface area (Å²) in [6.45, 7) is 3.77. The molecular formula is C17H24N4O2. The largest absolute Gasteiger partial charge is 0.395 e. The number of hydrogen-bond donors (Lipinski definition) is 1. The van der Waals surface area contributed by atoms with Gasteiger partial charge in [0, 0.05) is 50.9 Å². The van der Waals surface area contributed by atoms with Crippen molar-refractivity contribution in [2.24, 2.45) is 5.41 Å². The van der Waals surface area contributed by atoms with Crippen LogP contribution in [0.5, 0.6) is 0 Å². The van der Waals surface area contributed by atoms with Crippen LogP contribution < -0.4 is 0 Å². The molecule has 2 saturated heterocycles. The molecule has 4 heterocycles. The zero-order valence-electron chi connectivity index (χ0n) is 13.4. The van der Waals surface area contributed by atoms with Crippen LogP contribution in [0.2, 0.25) is 0 Å². The minimum atomic E-state index is 0.220. The first-order valence-electron chi connectivity index (χ1n) is 8.49. The number of hydrogen-bond acceptors (Lipinski definition) is 5. The normalized spacial score (nSPS) is 25.2. The Morgan fingerprint density at radius 1 is 1.30 bits per heavy atom. The van der Waals surface area contributed by atoms with E-state index in [2.05, 4.69) is 14.9 Å². The van der Waals surface area contributed by atoms with Crippen LogP contribution in [0.1, 0.15) is 31.4 Å². The van der Waals surface area contributed by atoms with Gasteiger partial charge in [-0.1, -0.05) is 0 Å². The number of rotatable bonds is 3. The molecule has 2 fully saturated rings. The third kappa shape index (κ3) is 2.98. The first-order valence-corrected chi connectivity index (χ1v) is 8.49. The molecule has 6 heteroatoms. The molecule has 1 N–H and O–H groups in total. The van der Waals surface area contributed by atoms with Gasteiger partial charge in [-0.3, -0.25) is 9.30 Å². The van der Waals surface area contributed by atoms with Crippen molar-refractivity contribution in [3.8, 4) is 0 Å². The van der Waals surface area contributed by atoms with E-state index in [1.165, 1.54) is 6.42 Å². The maximum absolute atomic E-state index is 9.76. The second-order valence-electron chi connectivity index (χ2n) is 6.95. The van der Waals surface area contributed by atoms with Gasteiger partial charge < -0.3 is 9.84 Å². The number of aliphatic hydroxyl groups excluding tert-OH is 1. The molecule has 0 aliphatic carbocycles. The Kier molecular flexibility index (Phi) is 4.05. The fraction of sp³-hybridized carbons (Fsp3) is 0.647. The van der Waals surface area contributed by atoms with Gasteiger partial charge in [-0.05, 0) is 37.2 Å². The van der Waals surface area contributed by atoms with Crippen LogP contribution in [0, 0.1) is 5.41 Å². The van der Waals surface area contributed by atoms with Crippen molar-refractivity contribution in [1.29, 1.82) is 0 Å². The number of imidazole rings is 1. The standard InChI is InChI=1S/C17H24N4O2/c22-12-15-2-3-17(4-8-23-9-5-17)13-21(15)11-14-10-20-7-1-6-18-16(20)19-14/h1,6-7,10,15,22H,2-5,8-9,11-13H2. The van der Waals surface area contributed by atoms with Gasteiger partial charge in [0.25, 0.3) is 0 Å². The van der Waals surface area contributed by atoms with Crippen LogP contribution in [0.15, 0.2) is 24.7 Å². The molecule has 1 unspecified atom stereocenters. The Balaban J connectivity index is 1.54. The average molecular weight is 316 g/mol. The molecule has 2 aliphatic heterocycles. The predicted molar refractivity (Wildman–Crippen MR) is 86.0 cm³/mol. The lowest BCUT2D eigenvalue weighted by Gasteiger charge is -2.48. The second-order valence-corrected chi connectivity index (χ2v) is 6.95. The fourth-order valence-electron chi connectivity index (χ4n) is 4.06. The molecular weight excluding hydrogens is 292 g/mol. The summed E-state index contributed by atoms with van der Waals surface area (Å²) < 4.78 is 7.51. The average Bonchev–Trinajstić information content (AvgIpc) is 2.98. The first kappa shape index (κ1) is 15.1. The van der Waals surface area contributed by atoms with Crippen LogP contribution in [0.3, 0.4) is 0 Å². The molecule has 2 aromatic rings. The van der Waals surface area contributed by atoms with E-state index in [4.69, 9.17) is 4.74 Å². The van der Waals surface area contributed by atoms with Gasteiger partial charge in [-0.15, -0.1) is 0 Å². The summed E-state index contributed by atoms with van der Waals surface area (Å²) >= 11 is 0. The fourth-order valence-corrected chi connectivity index (χ4v) is 4.06. The van der Waals surface area contributed by atoms with E-state index in [-0.39, 0.29) is 12.6 Å². The second kappa shape index (κ2) is 6.19. The number of fused-ring (bicyclic) bond motifs is 1. The first-order chi connectivity index (χ1) is 11.3. The van der Waals surface area contributed by atoms with E-state index in [9.17, 15) is 5.11 Å². The minimum Gasteiger partial charge on any atom is -0.395 e. The Hall–Kier alpha value is -1.50. The summed E-state index contributed by atoms with van der Waals surface area (Å²) in [5.74, 6) is 0.737. The van der Waals surface area contributed by atoms with E-state index >= 15 is 0 Å². The van der Waals surface area contributed by atoms with E-state index in [0.717, 1.165) is 57.0 Å². The summed E-state index contributed by atoms with van der Waals surface area (Å²) in [5, 5.41) is 9.76. The molecule has 0 radical (unpaired) electrons. The van der Waals surface area contributed by atoms with Crippen LogP contribution >= 0.6 is 0 Å². The van der Waals surface area contributed by atoms with Crippen molar-refractivity contribution in [3.63, 3.8) is 0 Å². The molecule has 23 heavy (non-hydrogen) atoms. The maximum atomic E-state index is 9.76. The highest BCUT2D eigenvalue weighted by molar-refractivity contribution is 5.29. The van der Waals surface area contributed by atoms with Crippen molar-refractivity contribution in [3.05, 3.63) is 30.4 Å². The lowest BCUT2D eigenvalue weighted by Crippen LogP contribution is -2.51. The van der Waals surface area contributed by atoms with Gasteiger partial charge in [0.2, 0.25) is 5.78 Å². The number of piperidine rings is 1. The Morgan fingerprint density at radius 3 is 2.96 bits per heavy atom. The maximum Gasteiger partial charge on any atom is 0.233 e. The highest BCUT2D eigenvalue weighted by Gasteiger charge is 2.40. The SMILES string of the molecule is OCC1CCC2(CCOCC2)CN1Cc1cn2cccnc2n1. The summed E-state index contributed by atoms with van der Waals surface area (Å²) in [6, 6.07) is 2.15. The lowest BCUT2D eigenvalue weighted by atomic mass is 9.72. The van der Waals surface area contributed by atoms with Crippen molar-refractivity contribution < 1.29 is 9.84 Å². The van der Waals surface area contributed by atoms with E-state index in [1.54, 1.807) is 6.20 Å². The molecule has 0 bridgehead atoms. The quantitative estimate of drug-likeness (QED) is 0.929. The van der Waals surface area contributed by atoms with Gasteiger partial charge >= 0.3 is 0 Å². The summed E-state index contributed by atoms with van der Waals surface area (Å²) in [5.41, 5.74) is 1.38. The smallest absolute Gasteiger partial charge is 0.233 e. The Bertz CT molecular complexity index is 632. The van der Waals surface area contributed by atoms with Crippen molar-refractivity contribution in [1.82, 2.24) is 19.3 Å². The Labute approximate surface area is 136 Å². The molecule has 1 spiro atoms. The number of nitrogens with zero attached hydrogens (tertiary/aromatic N) is 4. The van der Waals surface area contributed by atoms with Crippen LogP contribution in [0.25, 0.3) is 5.78 Å². The molecule has 6 nitrogen and oxygen atoms in total. The zero-order chi connectivity index (χ0) is 15.7. The van der Waals surface area contributed by atoms with Crippen molar-refractivity contribution >= 4 is 5.78 Å². The van der Waals surface area contributed by atoms with Crippen molar-refractivity contribution in [2.75, 3.05) is 26.4 Å². The van der Waals surface area contributed by atoms with Crippen molar-refractivity contribution in [2.45, 2.75) is 38.3 Å². The number of ether oxygens (including phenoxy) is 1. The molecule has 0 saturated carbocycles. The third-order valence-corrected chi connectivity index (χ3v) is 5.48. The van der Waals surface area contributed by atoms with Crippen LogP contribution in [-0.2, 0) is 11.3 Å². The van der Waals surface area contributed by atoms with Gasteiger partial charge in [0.15, 0.2) is 0 Å². The van der Waals surface area contributed by atoms with E-state index < -0.39 is 0 Å². The van der Waals surface area contributed by atoms with Crippen LogP contribution in [0.4, 0.5) is 0 Å². The summed E-state index contributed by atoms with van der Waals surface area (Å²) in [7, 11) is 0. The molecule has 1 atom stereocenters. The summed E-state index contributed by atoms with van der Waals surface area (Å²) in [6.07, 6.45) is 10.3. The third-order valence-electron chi connectivity index (χ3n) is 5.48. The summed E-state index contributed by atoms with van der Waals surface area (Å²) in [4.78, 5) is 11.3. The number of aliphatic hydroxyl groups is 1. The van der Waals surface area contributed by atoms with Gasteiger partial charge in [-0.2, -0.15) is 0 Å². The minimum absolute atomic E-state index is 0.220. The molecule has 124 valence electrons. The highest BCUT2D eigenvalue weighted by Crippen LogP contribution is 2.41. The molecule has 2 aromatic heterocycles. The van der Waals surface area contributed by atoms with Gasteiger partial charge in [0.1, 0.15) is 0 Å². The molecule has 2 aliphatic rings. The van der Waals surface area contributed by atoms with Crippen LogP contribution in [-0.4, -0.2) is 56.8 Å². The van der Waals surface area contributed by atoms with Gasteiger partial charge in [0.05, 0.1) is 12.3 Å². The topological polar surface area (TPSA) is 62.9 Å².